The van der Waals surface area contributed by atoms with Crippen molar-refractivity contribution in [2.75, 3.05) is 5.75 Å². The van der Waals surface area contributed by atoms with Crippen molar-refractivity contribution in [2.45, 2.75) is 11.5 Å². The molecule has 0 spiro atoms. The van der Waals surface area contributed by atoms with Gasteiger partial charge < -0.3 is 9.52 Å². The van der Waals surface area contributed by atoms with Crippen LogP contribution in [0.4, 0.5) is 0 Å². The standard InChI is InChI=1S/C11H10O4S2/c12-11(13)9-3-4-10(15-9)17(14)7-5-8-2-1-6-16-8/h1-4,6H,5,7H2,(H,12,13). The highest BCUT2D eigenvalue weighted by Crippen LogP contribution is 2.15. The van der Waals surface area contributed by atoms with Gasteiger partial charge in [-0.3, -0.25) is 4.21 Å². The van der Waals surface area contributed by atoms with Crippen LogP contribution < -0.4 is 0 Å². The van der Waals surface area contributed by atoms with Crippen molar-refractivity contribution in [1.29, 1.82) is 0 Å². The van der Waals surface area contributed by atoms with E-state index in [9.17, 15) is 9.00 Å². The Kier molecular flexibility index (Phi) is 3.75. The molecule has 0 aromatic carbocycles. The predicted molar refractivity (Wildman–Crippen MR) is 65.0 cm³/mol. The number of carboxylic acid groups (broad SMARTS) is 1. The number of aromatic carboxylic acids is 1. The fraction of sp³-hybridized carbons (Fsp3) is 0.182. The Balaban J connectivity index is 1.97. The fourth-order valence-electron chi connectivity index (χ4n) is 1.31. The van der Waals surface area contributed by atoms with Crippen molar-refractivity contribution in [2.24, 2.45) is 0 Å². The van der Waals surface area contributed by atoms with Crippen LogP contribution in [0, 0.1) is 0 Å². The quantitative estimate of drug-likeness (QED) is 0.905. The molecule has 0 saturated heterocycles. The molecule has 0 amide bonds. The van der Waals surface area contributed by atoms with E-state index in [-0.39, 0.29) is 10.9 Å². The highest BCUT2D eigenvalue weighted by Gasteiger charge is 2.13. The molecular formula is C11H10O4S2. The zero-order valence-electron chi connectivity index (χ0n) is 8.79. The molecule has 0 aliphatic rings. The summed E-state index contributed by atoms with van der Waals surface area (Å²) >= 11 is 1.61. The summed E-state index contributed by atoms with van der Waals surface area (Å²) < 4.78 is 16.8. The number of hydrogen-bond acceptors (Lipinski definition) is 4. The molecule has 90 valence electrons. The van der Waals surface area contributed by atoms with Gasteiger partial charge in [-0.05, 0) is 30.0 Å². The first-order valence-electron chi connectivity index (χ1n) is 4.90. The Labute approximate surface area is 104 Å². The summed E-state index contributed by atoms with van der Waals surface area (Å²) in [5.41, 5.74) is 0. The summed E-state index contributed by atoms with van der Waals surface area (Å²) in [4.78, 5) is 11.7. The van der Waals surface area contributed by atoms with E-state index in [2.05, 4.69) is 0 Å². The third-order valence-electron chi connectivity index (χ3n) is 2.13. The van der Waals surface area contributed by atoms with Gasteiger partial charge in [-0.25, -0.2) is 4.79 Å². The summed E-state index contributed by atoms with van der Waals surface area (Å²) in [6.07, 6.45) is 0.702. The number of carboxylic acids is 1. The summed E-state index contributed by atoms with van der Waals surface area (Å²) in [5.74, 6) is -0.886. The Morgan fingerprint density at radius 2 is 2.24 bits per heavy atom. The molecule has 0 aliphatic carbocycles. The molecular weight excluding hydrogens is 260 g/mol. The summed E-state index contributed by atoms with van der Waals surface area (Å²) in [7, 11) is -1.29. The monoisotopic (exact) mass is 270 g/mol. The van der Waals surface area contributed by atoms with Gasteiger partial charge in [-0.2, -0.15) is 0 Å². The van der Waals surface area contributed by atoms with Crippen LogP contribution in [-0.4, -0.2) is 21.0 Å². The SMILES string of the molecule is O=C(O)c1ccc(S(=O)CCc2cccs2)o1. The Hall–Kier alpha value is -1.40. The lowest BCUT2D eigenvalue weighted by atomic mass is 10.4. The maximum Gasteiger partial charge on any atom is 0.371 e. The lowest BCUT2D eigenvalue weighted by Crippen LogP contribution is -1.99. The molecule has 0 fully saturated rings. The molecule has 1 atom stereocenters. The number of carbonyl (C=O) groups is 1. The fourth-order valence-corrected chi connectivity index (χ4v) is 3.15. The van der Waals surface area contributed by atoms with Crippen molar-refractivity contribution >= 4 is 28.1 Å². The van der Waals surface area contributed by atoms with E-state index in [1.54, 1.807) is 11.3 Å². The van der Waals surface area contributed by atoms with Crippen LogP contribution >= 0.6 is 11.3 Å². The van der Waals surface area contributed by atoms with Crippen LogP contribution in [0.2, 0.25) is 0 Å². The van der Waals surface area contributed by atoms with Crippen LogP contribution in [0.5, 0.6) is 0 Å². The molecule has 2 aromatic heterocycles. The van der Waals surface area contributed by atoms with E-state index in [1.807, 2.05) is 17.5 Å². The number of hydrogen-bond donors (Lipinski definition) is 1. The van der Waals surface area contributed by atoms with Crippen molar-refractivity contribution in [3.63, 3.8) is 0 Å². The second-order valence-electron chi connectivity index (χ2n) is 3.30. The van der Waals surface area contributed by atoms with Gasteiger partial charge in [0.25, 0.3) is 0 Å². The van der Waals surface area contributed by atoms with Crippen LogP contribution in [0.3, 0.4) is 0 Å². The average molecular weight is 270 g/mol. The zero-order chi connectivity index (χ0) is 12.3. The first-order chi connectivity index (χ1) is 8.16. The Bertz CT molecular complexity index is 527. The molecule has 17 heavy (non-hydrogen) atoms. The van der Waals surface area contributed by atoms with Gasteiger partial charge in [0, 0.05) is 10.6 Å². The molecule has 1 N–H and O–H groups in total. The maximum absolute atomic E-state index is 11.8. The molecule has 0 radical (unpaired) electrons. The topological polar surface area (TPSA) is 67.5 Å². The third kappa shape index (κ3) is 3.04. The number of thiophene rings is 1. The Morgan fingerprint density at radius 1 is 1.41 bits per heavy atom. The molecule has 2 rings (SSSR count). The van der Waals surface area contributed by atoms with Crippen molar-refractivity contribution in [1.82, 2.24) is 0 Å². The minimum Gasteiger partial charge on any atom is -0.475 e. The van der Waals surface area contributed by atoms with E-state index in [0.717, 1.165) is 4.88 Å². The van der Waals surface area contributed by atoms with Gasteiger partial charge in [0.2, 0.25) is 5.76 Å². The summed E-state index contributed by atoms with van der Waals surface area (Å²) in [5, 5.41) is 10.9. The van der Waals surface area contributed by atoms with Gasteiger partial charge in [-0.1, -0.05) is 6.07 Å². The lowest BCUT2D eigenvalue weighted by molar-refractivity contribution is 0.0656. The highest BCUT2D eigenvalue weighted by atomic mass is 32.2. The largest absolute Gasteiger partial charge is 0.475 e. The average Bonchev–Trinajstić information content (AvgIpc) is 2.96. The van der Waals surface area contributed by atoms with Crippen LogP contribution in [-0.2, 0) is 17.2 Å². The summed E-state index contributed by atoms with van der Waals surface area (Å²) in [6.45, 7) is 0. The van der Waals surface area contributed by atoms with E-state index < -0.39 is 16.8 Å². The van der Waals surface area contributed by atoms with Gasteiger partial charge >= 0.3 is 5.97 Å². The van der Waals surface area contributed by atoms with E-state index in [0.29, 0.717) is 12.2 Å². The molecule has 1 unspecified atom stereocenters. The Morgan fingerprint density at radius 3 is 2.82 bits per heavy atom. The minimum absolute atomic E-state index is 0.176. The lowest BCUT2D eigenvalue weighted by Gasteiger charge is -1.96. The van der Waals surface area contributed by atoms with Crippen molar-refractivity contribution < 1.29 is 18.5 Å². The smallest absolute Gasteiger partial charge is 0.371 e. The summed E-state index contributed by atoms with van der Waals surface area (Å²) in [6, 6.07) is 6.69. The number of furan rings is 1. The van der Waals surface area contributed by atoms with E-state index in [1.165, 1.54) is 12.1 Å². The van der Waals surface area contributed by atoms with Crippen LogP contribution in [0.25, 0.3) is 0 Å². The van der Waals surface area contributed by atoms with Crippen LogP contribution in [0.15, 0.2) is 39.2 Å². The van der Waals surface area contributed by atoms with Gasteiger partial charge in [0.1, 0.15) is 0 Å². The van der Waals surface area contributed by atoms with Gasteiger partial charge in [0.15, 0.2) is 5.09 Å². The second-order valence-corrected chi connectivity index (χ2v) is 5.84. The molecule has 0 saturated carbocycles. The molecule has 4 nitrogen and oxygen atoms in total. The molecule has 2 aromatic rings. The maximum atomic E-state index is 11.8. The molecule has 0 bridgehead atoms. The first kappa shape index (κ1) is 12.1. The minimum atomic E-state index is -1.29. The predicted octanol–water partition coefficient (Wildman–Crippen LogP) is 2.39. The van der Waals surface area contributed by atoms with E-state index >= 15 is 0 Å². The molecule has 2 heterocycles. The van der Waals surface area contributed by atoms with Gasteiger partial charge in [-0.15, -0.1) is 11.3 Å². The van der Waals surface area contributed by atoms with Crippen LogP contribution in [0.1, 0.15) is 15.4 Å². The van der Waals surface area contributed by atoms with E-state index in [4.69, 9.17) is 9.52 Å². The normalized spacial score (nSPS) is 12.5. The zero-order valence-corrected chi connectivity index (χ0v) is 10.4. The molecule has 0 aliphatic heterocycles. The highest BCUT2D eigenvalue weighted by molar-refractivity contribution is 7.84. The second kappa shape index (κ2) is 5.29. The van der Waals surface area contributed by atoms with Crippen molar-refractivity contribution in [3.8, 4) is 0 Å². The number of rotatable bonds is 5. The molecule has 6 heteroatoms. The number of aryl methyl sites for hydroxylation is 1. The van der Waals surface area contributed by atoms with Gasteiger partial charge in [0.05, 0.1) is 10.8 Å². The third-order valence-corrected chi connectivity index (χ3v) is 4.31. The first-order valence-corrected chi connectivity index (χ1v) is 7.10. The van der Waals surface area contributed by atoms with Crippen molar-refractivity contribution in [3.05, 3.63) is 40.3 Å².